The molecule has 0 atom stereocenters. The lowest BCUT2D eigenvalue weighted by atomic mass is 10.4. The van der Waals surface area contributed by atoms with Gasteiger partial charge in [0.1, 0.15) is 5.52 Å². The maximum Gasteiger partial charge on any atom is 0.276 e. The molecular weight excluding hydrogens is 192 g/mol. The third-order valence-corrected chi connectivity index (χ3v) is 2.36. The minimum Gasteiger partial charge on any atom is -0.320 e. The van der Waals surface area contributed by atoms with Crippen LogP contribution in [0.2, 0.25) is 0 Å². The number of hydrogen-bond donors (Lipinski definition) is 1. The second-order valence-electron chi connectivity index (χ2n) is 3.41. The zero-order valence-corrected chi connectivity index (χ0v) is 8.68. The van der Waals surface area contributed by atoms with Gasteiger partial charge >= 0.3 is 0 Å². The van der Waals surface area contributed by atoms with Crippen LogP contribution in [0.15, 0.2) is 29.5 Å². The summed E-state index contributed by atoms with van der Waals surface area (Å²) in [5.74, 6) is 0. The summed E-state index contributed by atoms with van der Waals surface area (Å²) in [6.45, 7) is 1.65. The van der Waals surface area contributed by atoms with Crippen molar-refractivity contribution in [3.8, 4) is 0 Å². The molecule has 15 heavy (non-hydrogen) atoms. The van der Waals surface area contributed by atoms with Crippen LogP contribution in [-0.2, 0) is 6.54 Å². The smallest absolute Gasteiger partial charge is 0.276 e. The van der Waals surface area contributed by atoms with Gasteiger partial charge in [0.25, 0.3) is 5.56 Å². The van der Waals surface area contributed by atoms with Crippen LogP contribution in [0.4, 0.5) is 0 Å². The van der Waals surface area contributed by atoms with Gasteiger partial charge in [0.2, 0.25) is 0 Å². The van der Waals surface area contributed by atoms with Crippen molar-refractivity contribution >= 4 is 5.52 Å². The average Bonchev–Trinajstić information content (AvgIpc) is 2.70. The highest BCUT2D eigenvalue weighted by Crippen LogP contribution is 1.95. The number of hydrogen-bond acceptors (Lipinski definition) is 3. The van der Waals surface area contributed by atoms with Gasteiger partial charge in [0, 0.05) is 18.9 Å². The van der Waals surface area contributed by atoms with E-state index in [1.165, 1.54) is 0 Å². The molecule has 2 aromatic heterocycles. The summed E-state index contributed by atoms with van der Waals surface area (Å²) >= 11 is 0. The fraction of sp³-hybridized carbons (Fsp3) is 0.400. The number of nitrogens with one attached hydrogen (secondary N) is 1. The van der Waals surface area contributed by atoms with Gasteiger partial charge in [0.15, 0.2) is 0 Å². The first-order chi connectivity index (χ1) is 7.33. The second-order valence-corrected chi connectivity index (χ2v) is 3.41. The Balaban J connectivity index is 2.28. The van der Waals surface area contributed by atoms with Crippen molar-refractivity contribution in [1.29, 1.82) is 0 Å². The number of aromatic nitrogens is 3. The van der Waals surface area contributed by atoms with E-state index in [9.17, 15) is 4.79 Å². The molecule has 0 saturated carbocycles. The summed E-state index contributed by atoms with van der Waals surface area (Å²) in [6.07, 6.45) is 6.16. The van der Waals surface area contributed by atoms with Crippen LogP contribution in [-0.4, -0.2) is 27.8 Å². The average molecular weight is 206 g/mol. The molecule has 0 bridgehead atoms. The van der Waals surface area contributed by atoms with E-state index < -0.39 is 0 Å². The summed E-state index contributed by atoms with van der Waals surface area (Å²) in [7, 11) is 1.91. The van der Waals surface area contributed by atoms with Gasteiger partial charge in [-0.3, -0.25) is 4.79 Å². The van der Waals surface area contributed by atoms with Gasteiger partial charge in [-0.05, 0) is 26.1 Å². The second kappa shape index (κ2) is 4.27. The fourth-order valence-corrected chi connectivity index (χ4v) is 1.56. The van der Waals surface area contributed by atoms with E-state index in [1.54, 1.807) is 33.7 Å². The van der Waals surface area contributed by atoms with E-state index in [0.717, 1.165) is 19.5 Å². The van der Waals surface area contributed by atoms with Gasteiger partial charge in [-0.1, -0.05) is 0 Å². The topological polar surface area (TPSA) is 51.3 Å². The van der Waals surface area contributed by atoms with Crippen LogP contribution in [0.5, 0.6) is 0 Å². The fourth-order valence-electron chi connectivity index (χ4n) is 1.56. The highest BCUT2D eigenvalue weighted by Gasteiger charge is 2.01. The SMILES string of the molecule is CNCCCn1ccn2nccc2c1=O. The third-order valence-electron chi connectivity index (χ3n) is 2.36. The maximum absolute atomic E-state index is 11.9. The predicted octanol–water partition coefficient (Wildman–Crippen LogP) is 0.105. The number of nitrogens with zero attached hydrogens (tertiary/aromatic N) is 3. The normalized spacial score (nSPS) is 11.0. The Hall–Kier alpha value is -1.62. The summed E-state index contributed by atoms with van der Waals surface area (Å²) in [6, 6.07) is 1.73. The van der Waals surface area contributed by atoms with E-state index in [1.807, 2.05) is 7.05 Å². The van der Waals surface area contributed by atoms with Crippen molar-refractivity contribution < 1.29 is 0 Å². The molecule has 0 saturated heterocycles. The first-order valence-electron chi connectivity index (χ1n) is 5.00. The van der Waals surface area contributed by atoms with Gasteiger partial charge in [-0.2, -0.15) is 5.10 Å². The molecule has 2 heterocycles. The van der Waals surface area contributed by atoms with Crippen LogP contribution >= 0.6 is 0 Å². The molecular formula is C10H14N4O. The minimum absolute atomic E-state index is 0.0195. The lowest BCUT2D eigenvalue weighted by Gasteiger charge is -2.05. The van der Waals surface area contributed by atoms with Crippen molar-refractivity contribution in [3.63, 3.8) is 0 Å². The van der Waals surface area contributed by atoms with Gasteiger partial charge in [-0.15, -0.1) is 0 Å². The summed E-state index contributed by atoms with van der Waals surface area (Å²) in [5, 5.41) is 7.06. The minimum atomic E-state index is 0.0195. The lowest BCUT2D eigenvalue weighted by Crippen LogP contribution is -2.23. The first-order valence-corrected chi connectivity index (χ1v) is 5.00. The molecule has 0 unspecified atom stereocenters. The van der Waals surface area contributed by atoms with Crippen molar-refractivity contribution in [2.75, 3.05) is 13.6 Å². The van der Waals surface area contributed by atoms with Crippen LogP contribution in [0, 0.1) is 0 Å². The molecule has 0 aliphatic rings. The number of aryl methyl sites for hydroxylation is 1. The molecule has 0 aliphatic carbocycles. The molecule has 0 amide bonds. The number of rotatable bonds is 4. The standard InChI is InChI=1S/C10H14N4O/c1-11-4-2-6-13-7-8-14-9(10(13)15)3-5-12-14/h3,5,7-8,11H,2,4,6H2,1H3. The molecule has 0 aliphatic heterocycles. The van der Waals surface area contributed by atoms with E-state index in [-0.39, 0.29) is 5.56 Å². The lowest BCUT2D eigenvalue weighted by molar-refractivity contribution is 0.595. The van der Waals surface area contributed by atoms with Gasteiger partial charge in [-0.25, -0.2) is 4.52 Å². The first kappa shape index (κ1) is 9.92. The van der Waals surface area contributed by atoms with Crippen molar-refractivity contribution in [2.24, 2.45) is 0 Å². The van der Waals surface area contributed by atoms with Crippen molar-refractivity contribution in [2.45, 2.75) is 13.0 Å². The molecule has 0 radical (unpaired) electrons. The summed E-state index contributed by atoms with van der Waals surface area (Å²) < 4.78 is 3.31. The maximum atomic E-state index is 11.9. The Bertz CT molecular complexity index is 499. The van der Waals surface area contributed by atoms with E-state index >= 15 is 0 Å². The Morgan fingerprint density at radius 2 is 2.33 bits per heavy atom. The van der Waals surface area contributed by atoms with Crippen LogP contribution in [0.25, 0.3) is 5.52 Å². The molecule has 5 heteroatoms. The highest BCUT2D eigenvalue weighted by molar-refractivity contribution is 5.42. The summed E-state index contributed by atoms with van der Waals surface area (Å²) in [5.41, 5.74) is 0.646. The zero-order valence-electron chi connectivity index (χ0n) is 8.68. The Morgan fingerprint density at radius 3 is 3.13 bits per heavy atom. The summed E-state index contributed by atoms with van der Waals surface area (Å²) in [4.78, 5) is 11.9. The van der Waals surface area contributed by atoms with Gasteiger partial charge in [0.05, 0.1) is 6.20 Å². The Morgan fingerprint density at radius 1 is 1.47 bits per heavy atom. The third kappa shape index (κ3) is 1.92. The molecule has 80 valence electrons. The van der Waals surface area contributed by atoms with Crippen LogP contribution in [0.3, 0.4) is 0 Å². The quantitative estimate of drug-likeness (QED) is 0.722. The molecule has 0 aromatic carbocycles. The molecule has 1 N–H and O–H groups in total. The number of fused-ring (bicyclic) bond motifs is 1. The molecule has 0 fully saturated rings. The highest BCUT2D eigenvalue weighted by atomic mass is 16.1. The molecule has 5 nitrogen and oxygen atoms in total. The van der Waals surface area contributed by atoms with Gasteiger partial charge < -0.3 is 9.88 Å². The Labute approximate surface area is 87.3 Å². The van der Waals surface area contributed by atoms with Crippen LogP contribution in [0.1, 0.15) is 6.42 Å². The van der Waals surface area contributed by atoms with Crippen molar-refractivity contribution in [1.82, 2.24) is 19.5 Å². The Kier molecular flexibility index (Phi) is 2.82. The predicted molar refractivity (Wildman–Crippen MR) is 58.0 cm³/mol. The largest absolute Gasteiger partial charge is 0.320 e. The molecule has 2 aromatic rings. The molecule has 0 spiro atoms. The van der Waals surface area contributed by atoms with E-state index in [4.69, 9.17) is 0 Å². The van der Waals surface area contributed by atoms with Crippen molar-refractivity contribution in [3.05, 3.63) is 35.0 Å². The van der Waals surface area contributed by atoms with E-state index in [0.29, 0.717) is 5.52 Å². The van der Waals surface area contributed by atoms with E-state index in [2.05, 4.69) is 10.4 Å². The van der Waals surface area contributed by atoms with Crippen LogP contribution < -0.4 is 10.9 Å². The monoisotopic (exact) mass is 206 g/mol. The zero-order chi connectivity index (χ0) is 10.7. The molecule has 2 rings (SSSR count).